The Morgan fingerprint density at radius 2 is 1.37 bits per heavy atom. The molecule has 0 atom stereocenters. The highest BCUT2D eigenvalue weighted by Gasteiger charge is 2.35. The van der Waals surface area contributed by atoms with Gasteiger partial charge in [0.05, 0.1) is 0 Å². The van der Waals surface area contributed by atoms with Crippen molar-refractivity contribution in [3.8, 4) is 0 Å². The lowest BCUT2D eigenvalue weighted by Crippen LogP contribution is -2.62. The zero-order valence-electron chi connectivity index (χ0n) is 11.4. The number of nitrogens with one attached hydrogen (secondary N) is 1. The molecule has 3 fully saturated rings. The van der Waals surface area contributed by atoms with Crippen LogP contribution in [-0.2, 0) is 10.2 Å². The van der Waals surface area contributed by atoms with Crippen molar-refractivity contribution < 1.29 is 8.42 Å². The van der Waals surface area contributed by atoms with Gasteiger partial charge < -0.3 is 5.32 Å². The fourth-order valence-corrected chi connectivity index (χ4v) is 4.76. The molecule has 0 aromatic carbocycles. The Labute approximate surface area is 115 Å². The Morgan fingerprint density at radius 1 is 0.789 bits per heavy atom. The second-order valence-corrected chi connectivity index (χ2v) is 7.64. The van der Waals surface area contributed by atoms with Crippen molar-refractivity contribution >= 4 is 10.2 Å². The summed E-state index contributed by atoms with van der Waals surface area (Å²) < 4.78 is 28.4. The Hall–Kier alpha value is -0.210. The average Bonchev–Trinajstić information content (AvgIpc) is 2.38. The van der Waals surface area contributed by atoms with Crippen LogP contribution in [-0.4, -0.2) is 80.3 Å². The van der Waals surface area contributed by atoms with Gasteiger partial charge in [0.1, 0.15) is 0 Å². The minimum Gasteiger partial charge on any atom is -0.314 e. The zero-order chi connectivity index (χ0) is 13.3. The molecule has 0 spiro atoms. The van der Waals surface area contributed by atoms with Gasteiger partial charge >= 0.3 is 0 Å². The number of rotatable bonds is 3. The predicted molar refractivity (Wildman–Crippen MR) is 74.1 cm³/mol. The summed E-state index contributed by atoms with van der Waals surface area (Å²) in [5, 5.41) is 3.27. The molecule has 0 unspecified atom stereocenters. The zero-order valence-corrected chi connectivity index (χ0v) is 12.2. The van der Waals surface area contributed by atoms with Crippen LogP contribution in [0, 0.1) is 0 Å². The fourth-order valence-electron chi connectivity index (χ4n) is 3.09. The summed E-state index contributed by atoms with van der Waals surface area (Å²) in [5.41, 5.74) is 0. The molecule has 7 heteroatoms. The molecule has 110 valence electrons. The third-order valence-corrected chi connectivity index (χ3v) is 6.55. The maximum atomic E-state index is 12.5. The highest BCUT2D eigenvalue weighted by Crippen LogP contribution is 2.19. The van der Waals surface area contributed by atoms with Gasteiger partial charge in [-0.1, -0.05) is 6.42 Å². The molecule has 0 aromatic heterocycles. The van der Waals surface area contributed by atoms with Crippen LogP contribution in [0.15, 0.2) is 0 Å². The largest absolute Gasteiger partial charge is 0.314 e. The van der Waals surface area contributed by atoms with Crippen molar-refractivity contribution in [3.05, 3.63) is 0 Å². The van der Waals surface area contributed by atoms with Crippen molar-refractivity contribution in [2.75, 3.05) is 52.4 Å². The molecular formula is C12H24N4O2S. The molecule has 3 saturated heterocycles. The van der Waals surface area contributed by atoms with Crippen LogP contribution in [0.4, 0.5) is 0 Å². The lowest BCUT2D eigenvalue weighted by Gasteiger charge is -2.43. The second-order valence-electron chi connectivity index (χ2n) is 5.71. The van der Waals surface area contributed by atoms with E-state index in [0.29, 0.717) is 32.2 Å². The van der Waals surface area contributed by atoms with Gasteiger partial charge in [0.15, 0.2) is 0 Å². The normalized spacial score (nSPS) is 29.3. The highest BCUT2D eigenvalue weighted by atomic mass is 32.2. The van der Waals surface area contributed by atoms with Gasteiger partial charge in [0, 0.05) is 58.4 Å². The number of hydrogen-bond acceptors (Lipinski definition) is 4. The van der Waals surface area contributed by atoms with Crippen molar-refractivity contribution in [2.45, 2.75) is 25.3 Å². The highest BCUT2D eigenvalue weighted by molar-refractivity contribution is 7.86. The molecule has 0 amide bonds. The molecule has 1 N–H and O–H groups in total. The Kier molecular flexibility index (Phi) is 4.09. The first-order valence-electron chi connectivity index (χ1n) is 7.38. The predicted octanol–water partition coefficient (Wildman–Crippen LogP) is -0.693. The summed E-state index contributed by atoms with van der Waals surface area (Å²) in [6.45, 7) is 6.56. The van der Waals surface area contributed by atoms with Crippen LogP contribution in [0.1, 0.15) is 19.3 Å². The van der Waals surface area contributed by atoms with Crippen LogP contribution in [0.25, 0.3) is 0 Å². The van der Waals surface area contributed by atoms with E-state index in [1.54, 1.807) is 8.61 Å². The van der Waals surface area contributed by atoms with E-state index in [0.717, 1.165) is 45.4 Å². The number of nitrogens with zero attached hydrogens (tertiary/aromatic N) is 3. The molecule has 0 aliphatic carbocycles. The number of piperazine rings is 1. The van der Waals surface area contributed by atoms with Gasteiger partial charge in [-0.15, -0.1) is 0 Å². The number of piperidine rings is 1. The SMILES string of the molecule is O=S(=O)(N1CCCCC1)N1CCN(C2CNC2)CC1. The van der Waals surface area contributed by atoms with E-state index in [1.807, 2.05) is 0 Å². The summed E-state index contributed by atoms with van der Waals surface area (Å²) in [7, 11) is -3.20. The van der Waals surface area contributed by atoms with E-state index in [9.17, 15) is 8.42 Å². The van der Waals surface area contributed by atoms with Gasteiger partial charge in [-0.2, -0.15) is 17.0 Å². The monoisotopic (exact) mass is 288 g/mol. The van der Waals surface area contributed by atoms with E-state index in [-0.39, 0.29) is 0 Å². The molecule has 3 rings (SSSR count). The molecule has 3 heterocycles. The Bertz CT molecular complexity index is 396. The first-order valence-corrected chi connectivity index (χ1v) is 8.77. The van der Waals surface area contributed by atoms with Crippen LogP contribution in [0.5, 0.6) is 0 Å². The average molecular weight is 288 g/mol. The third-order valence-electron chi connectivity index (χ3n) is 4.52. The van der Waals surface area contributed by atoms with E-state index < -0.39 is 10.2 Å². The van der Waals surface area contributed by atoms with Gasteiger partial charge in [0.25, 0.3) is 10.2 Å². The lowest BCUT2D eigenvalue weighted by atomic mass is 10.1. The molecule has 6 nitrogen and oxygen atoms in total. The topological polar surface area (TPSA) is 55.9 Å². The quantitative estimate of drug-likeness (QED) is 0.747. The van der Waals surface area contributed by atoms with Crippen LogP contribution >= 0.6 is 0 Å². The van der Waals surface area contributed by atoms with Crippen LogP contribution in [0.3, 0.4) is 0 Å². The van der Waals surface area contributed by atoms with Crippen molar-refractivity contribution in [1.29, 1.82) is 0 Å². The van der Waals surface area contributed by atoms with E-state index in [2.05, 4.69) is 10.2 Å². The van der Waals surface area contributed by atoms with Crippen molar-refractivity contribution in [2.24, 2.45) is 0 Å². The van der Waals surface area contributed by atoms with Crippen LogP contribution < -0.4 is 5.32 Å². The minimum absolute atomic E-state index is 0.625. The van der Waals surface area contributed by atoms with E-state index in [1.165, 1.54) is 0 Å². The standard InChI is InChI=1S/C12H24N4O2S/c17-19(18,15-4-2-1-3-5-15)16-8-6-14(7-9-16)12-10-13-11-12/h12-13H,1-11H2. The maximum Gasteiger partial charge on any atom is 0.282 e. The smallest absolute Gasteiger partial charge is 0.282 e. The number of hydrogen-bond donors (Lipinski definition) is 1. The maximum absolute atomic E-state index is 12.5. The molecule has 3 aliphatic rings. The third kappa shape index (κ3) is 2.80. The molecule has 0 aromatic rings. The molecule has 0 saturated carbocycles. The fraction of sp³-hybridized carbons (Fsp3) is 1.00. The first-order chi connectivity index (χ1) is 9.18. The second kappa shape index (κ2) is 5.65. The van der Waals surface area contributed by atoms with Gasteiger partial charge in [-0.05, 0) is 12.8 Å². The summed E-state index contributed by atoms with van der Waals surface area (Å²) >= 11 is 0. The van der Waals surface area contributed by atoms with Gasteiger partial charge in [0.2, 0.25) is 0 Å². The lowest BCUT2D eigenvalue weighted by molar-refractivity contribution is 0.100. The van der Waals surface area contributed by atoms with Crippen LogP contribution in [0.2, 0.25) is 0 Å². The van der Waals surface area contributed by atoms with E-state index in [4.69, 9.17) is 0 Å². The van der Waals surface area contributed by atoms with Gasteiger partial charge in [-0.3, -0.25) is 4.90 Å². The summed E-state index contributed by atoms with van der Waals surface area (Å²) in [6, 6.07) is 0.625. The summed E-state index contributed by atoms with van der Waals surface area (Å²) in [5.74, 6) is 0. The minimum atomic E-state index is -3.20. The molecule has 3 aliphatic heterocycles. The molecular weight excluding hydrogens is 264 g/mol. The Balaban J connectivity index is 1.57. The van der Waals surface area contributed by atoms with E-state index >= 15 is 0 Å². The van der Waals surface area contributed by atoms with Crippen molar-refractivity contribution in [1.82, 2.24) is 18.8 Å². The first kappa shape index (κ1) is 13.8. The molecule has 0 bridgehead atoms. The summed E-state index contributed by atoms with van der Waals surface area (Å²) in [4.78, 5) is 2.42. The molecule has 0 radical (unpaired) electrons. The van der Waals surface area contributed by atoms with Gasteiger partial charge in [-0.25, -0.2) is 0 Å². The van der Waals surface area contributed by atoms with Crippen molar-refractivity contribution in [3.63, 3.8) is 0 Å². The summed E-state index contributed by atoms with van der Waals surface area (Å²) in [6.07, 6.45) is 3.17. The molecule has 19 heavy (non-hydrogen) atoms. The Morgan fingerprint density at radius 3 is 1.89 bits per heavy atom.